The van der Waals surface area contributed by atoms with Crippen molar-refractivity contribution in [3.8, 4) is 5.69 Å². The van der Waals surface area contributed by atoms with E-state index in [1.54, 1.807) is 16.9 Å². The molecule has 1 fully saturated rings. The highest BCUT2D eigenvalue weighted by Gasteiger charge is 2.22. The molecule has 1 saturated heterocycles. The van der Waals surface area contributed by atoms with E-state index in [0.717, 1.165) is 42.7 Å². The van der Waals surface area contributed by atoms with Crippen molar-refractivity contribution in [2.24, 2.45) is 0 Å². The van der Waals surface area contributed by atoms with Crippen molar-refractivity contribution in [2.75, 3.05) is 18.8 Å². The van der Waals surface area contributed by atoms with Crippen LogP contribution in [0, 0.1) is 13.8 Å². The minimum absolute atomic E-state index is 0.0481. The zero-order valence-corrected chi connectivity index (χ0v) is 17.2. The lowest BCUT2D eigenvalue weighted by molar-refractivity contribution is 0.0787. The Morgan fingerprint density at radius 3 is 2.76 bits per heavy atom. The van der Waals surface area contributed by atoms with Gasteiger partial charge < -0.3 is 9.88 Å². The van der Waals surface area contributed by atoms with Gasteiger partial charge in [0.25, 0.3) is 5.91 Å². The maximum atomic E-state index is 12.6. The molecule has 3 heterocycles. The highest BCUT2D eigenvalue weighted by atomic mass is 32.2. The van der Waals surface area contributed by atoms with Crippen LogP contribution in [0.4, 0.5) is 0 Å². The van der Waals surface area contributed by atoms with Gasteiger partial charge >= 0.3 is 0 Å². The van der Waals surface area contributed by atoms with E-state index >= 15 is 0 Å². The first-order chi connectivity index (χ1) is 14.0. The number of carbonyl (C=O) groups is 2. The number of benzene rings is 1. The molecule has 8 nitrogen and oxygen atoms in total. The van der Waals surface area contributed by atoms with Crippen molar-refractivity contribution in [3.05, 3.63) is 52.8 Å². The summed E-state index contributed by atoms with van der Waals surface area (Å²) in [5.41, 5.74) is 4.00. The molecule has 1 aromatic carbocycles. The Morgan fingerprint density at radius 1 is 1.17 bits per heavy atom. The molecule has 3 aromatic rings. The lowest BCUT2D eigenvalue weighted by atomic mass is 10.1. The van der Waals surface area contributed by atoms with Gasteiger partial charge in [-0.2, -0.15) is 4.68 Å². The van der Waals surface area contributed by atoms with Crippen molar-refractivity contribution >= 4 is 23.5 Å². The van der Waals surface area contributed by atoms with Crippen molar-refractivity contribution in [3.63, 3.8) is 0 Å². The van der Waals surface area contributed by atoms with Crippen LogP contribution in [0.2, 0.25) is 0 Å². The summed E-state index contributed by atoms with van der Waals surface area (Å²) in [6.45, 7) is 5.56. The molecule has 0 spiro atoms. The average molecular weight is 411 g/mol. The molecule has 4 rings (SSSR count). The average Bonchev–Trinajstić information content (AvgIpc) is 3.48. The van der Waals surface area contributed by atoms with Gasteiger partial charge in [-0.3, -0.25) is 9.59 Å². The highest BCUT2D eigenvalue weighted by molar-refractivity contribution is 7.99. The zero-order valence-electron chi connectivity index (χ0n) is 16.4. The van der Waals surface area contributed by atoms with E-state index in [1.165, 1.54) is 11.8 Å². The van der Waals surface area contributed by atoms with Gasteiger partial charge in [-0.25, -0.2) is 0 Å². The summed E-state index contributed by atoms with van der Waals surface area (Å²) in [5.74, 6) is 0.0516. The fraction of sp³-hybridized carbons (Fsp3) is 0.350. The Hall–Kier alpha value is -2.94. The third-order valence-corrected chi connectivity index (χ3v) is 5.91. The summed E-state index contributed by atoms with van der Waals surface area (Å²) in [7, 11) is 0. The normalized spacial score (nSPS) is 13.8. The van der Waals surface area contributed by atoms with Gasteiger partial charge in [0.1, 0.15) is 5.69 Å². The van der Waals surface area contributed by atoms with Crippen LogP contribution in [-0.4, -0.2) is 60.6 Å². The molecule has 0 radical (unpaired) electrons. The summed E-state index contributed by atoms with van der Waals surface area (Å²) in [6, 6.07) is 7.70. The minimum atomic E-state index is -0.0813. The first kappa shape index (κ1) is 19.4. The van der Waals surface area contributed by atoms with Crippen LogP contribution in [0.3, 0.4) is 0 Å². The largest absolute Gasteiger partial charge is 0.356 e. The number of nitrogens with zero attached hydrogens (tertiary/aromatic N) is 5. The molecule has 1 aliphatic heterocycles. The molecule has 0 saturated carbocycles. The van der Waals surface area contributed by atoms with Gasteiger partial charge in [0.05, 0.1) is 11.4 Å². The standard InChI is InChI=1S/C20H22N6O2S/c1-13-5-6-14(2)17(9-13)26-20(22-23-24-26)29-12-18(27)15-10-16(21-11-15)19(28)25-7-3-4-8-25/h5-6,9-11,21H,3-4,7-8,12H2,1-2H3. The second-order valence-corrected chi connectivity index (χ2v) is 8.12. The summed E-state index contributed by atoms with van der Waals surface area (Å²) < 4.78 is 1.65. The number of Topliss-reactive ketones (excluding diaryl/α,β-unsaturated/α-hetero) is 1. The quantitative estimate of drug-likeness (QED) is 0.496. The van der Waals surface area contributed by atoms with E-state index in [0.29, 0.717) is 16.4 Å². The maximum Gasteiger partial charge on any atom is 0.270 e. The van der Waals surface area contributed by atoms with Crippen LogP contribution in [0.15, 0.2) is 35.6 Å². The van der Waals surface area contributed by atoms with Gasteiger partial charge in [0.15, 0.2) is 5.78 Å². The number of aromatic amines is 1. The molecule has 1 amide bonds. The predicted octanol–water partition coefficient (Wildman–Crippen LogP) is 2.82. The first-order valence-corrected chi connectivity index (χ1v) is 10.5. The topological polar surface area (TPSA) is 96.8 Å². The van der Waals surface area contributed by atoms with Gasteiger partial charge in [0.2, 0.25) is 5.16 Å². The molecule has 0 atom stereocenters. The molecule has 0 bridgehead atoms. The first-order valence-electron chi connectivity index (χ1n) is 9.52. The van der Waals surface area contributed by atoms with E-state index < -0.39 is 0 Å². The number of aromatic nitrogens is 5. The zero-order chi connectivity index (χ0) is 20.4. The Morgan fingerprint density at radius 2 is 1.97 bits per heavy atom. The predicted molar refractivity (Wildman–Crippen MR) is 110 cm³/mol. The highest BCUT2D eigenvalue weighted by Crippen LogP contribution is 2.23. The van der Waals surface area contributed by atoms with Crippen LogP contribution in [-0.2, 0) is 0 Å². The molecule has 1 aliphatic rings. The van der Waals surface area contributed by atoms with Crippen molar-refractivity contribution in [1.29, 1.82) is 0 Å². The molecule has 2 aromatic heterocycles. The Bertz CT molecular complexity index is 1050. The number of thioether (sulfide) groups is 1. The fourth-order valence-electron chi connectivity index (χ4n) is 3.35. The Balaban J connectivity index is 1.44. The van der Waals surface area contributed by atoms with Crippen LogP contribution in [0.5, 0.6) is 0 Å². The molecule has 0 aliphatic carbocycles. The van der Waals surface area contributed by atoms with Crippen LogP contribution in [0.25, 0.3) is 5.69 Å². The van der Waals surface area contributed by atoms with Crippen molar-refractivity contribution < 1.29 is 9.59 Å². The summed E-state index contributed by atoms with van der Waals surface area (Å²) in [4.78, 5) is 29.8. The lowest BCUT2D eigenvalue weighted by Crippen LogP contribution is -2.27. The number of hydrogen-bond donors (Lipinski definition) is 1. The molecule has 150 valence electrons. The number of carbonyl (C=O) groups excluding carboxylic acids is 2. The number of ketones is 1. The van der Waals surface area contributed by atoms with Crippen LogP contribution < -0.4 is 0 Å². The second-order valence-electron chi connectivity index (χ2n) is 7.18. The number of tetrazole rings is 1. The molecule has 0 unspecified atom stereocenters. The van der Waals surface area contributed by atoms with Crippen molar-refractivity contribution in [2.45, 2.75) is 31.8 Å². The van der Waals surface area contributed by atoms with Crippen molar-refractivity contribution in [1.82, 2.24) is 30.1 Å². The fourth-order valence-corrected chi connectivity index (χ4v) is 4.13. The number of rotatable bonds is 6. The molecule has 9 heteroatoms. The number of nitrogens with one attached hydrogen (secondary N) is 1. The van der Waals surface area contributed by atoms with Crippen LogP contribution >= 0.6 is 11.8 Å². The van der Waals surface area contributed by atoms with E-state index in [1.807, 2.05) is 36.9 Å². The third-order valence-electron chi connectivity index (χ3n) is 4.99. The van der Waals surface area contributed by atoms with E-state index in [4.69, 9.17) is 0 Å². The minimum Gasteiger partial charge on any atom is -0.356 e. The Kier molecular flexibility index (Phi) is 5.48. The SMILES string of the molecule is Cc1ccc(C)c(-n2nnnc2SCC(=O)c2c[nH]c(C(=O)N3CCCC3)c2)c1. The number of hydrogen-bond acceptors (Lipinski definition) is 6. The van der Waals surface area contributed by atoms with Gasteiger partial charge in [0, 0.05) is 24.8 Å². The number of amides is 1. The Labute approximate surface area is 172 Å². The van der Waals surface area contributed by atoms with Gasteiger partial charge in [-0.05, 0) is 60.4 Å². The third kappa shape index (κ3) is 4.09. The second kappa shape index (κ2) is 8.20. The van der Waals surface area contributed by atoms with Gasteiger partial charge in [-0.1, -0.05) is 23.9 Å². The maximum absolute atomic E-state index is 12.6. The smallest absolute Gasteiger partial charge is 0.270 e. The molecule has 29 heavy (non-hydrogen) atoms. The number of likely N-dealkylation sites (tertiary alicyclic amines) is 1. The van der Waals surface area contributed by atoms with E-state index in [9.17, 15) is 9.59 Å². The number of aryl methyl sites for hydroxylation is 2. The van der Waals surface area contributed by atoms with E-state index in [2.05, 4.69) is 20.5 Å². The van der Waals surface area contributed by atoms with Crippen LogP contribution in [0.1, 0.15) is 44.8 Å². The monoisotopic (exact) mass is 410 g/mol. The molecular weight excluding hydrogens is 388 g/mol. The summed E-state index contributed by atoms with van der Waals surface area (Å²) >= 11 is 1.28. The summed E-state index contributed by atoms with van der Waals surface area (Å²) in [6.07, 6.45) is 3.66. The lowest BCUT2D eigenvalue weighted by Gasteiger charge is -2.13. The molecular formula is C20H22N6O2S. The number of H-pyrrole nitrogens is 1. The summed E-state index contributed by atoms with van der Waals surface area (Å²) in [5, 5.41) is 12.5. The molecule has 1 N–H and O–H groups in total. The van der Waals surface area contributed by atoms with Gasteiger partial charge in [-0.15, -0.1) is 5.10 Å². The van der Waals surface area contributed by atoms with E-state index in [-0.39, 0.29) is 17.4 Å².